The lowest BCUT2D eigenvalue weighted by atomic mass is 10.1. The summed E-state index contributed by atoms with van der Waals surface area (Å²) in [5.74, 6) is -0.566. The monoisotopic (exact) mass is 327 g/mol. The number of aliphatic hydroxyl groups excluding tert-OH is 1. The first-order valence-electron chi connectivity index (χ1n) is 8.30. The van der Waals surface area contributed by atoms with Crippen molar-refractivity contribution in [1.29, 1.82) is 0 Å². The maximum atomic E-state index is 12.6. The number of hydrogen-bond donors (Lipinski definition) is 2. The summed E-state index contributed by atoms with van der Waals surface area (Å²) in [5.41, 5.74) is 5.45. The SMILES string of the molecule is CN1CCN(C(=O)CN2CCN(CCO)CC2)CC(C(N)=O)C1. The Morgan fingerprint density at radius 3 is 2.30 bits per heavy atom. The number of carbonyl (C=O) groups excluding carboxylic acids is 2. The smallest absolute Gasteiger partial charge is 0.236 e. The summed E-state index contributed by atoms with van der Waals surface area (Å²) in [7, 11) is 1.95. The molecule has 132 valence electrons. The van der Waals surface area contributed by atoms with Gasteiger partial charge >= 0.3 is 0 Å². The van der Waals surface area contributed by atoms with Crippen LogP contribution in [0.15, 0.2) is 0 Å². The Morgan fingerprint density at radius 1 is 1.04 bits per heavy atom. The first kappa shape index (κ1) is 18.1. The van der Waals surface area contributed by atoms with Crippen LogP contribution in [0.4, 0.5) is 0 Å². The predicted octanol–water partition coefficient (Wildman–Crippen LogP) is -2.53. The van der Waals surface area contributed by atoms with E-state index >= 15 is 0 Å². The highest BCUT2D eigenvalue weighted by Crippen LogP contribution is 2.10. The number of carbonyl (C=O) groups is 2. The van der Waals surface area contributed by atoms with E-state index in [4.69, 9.17) is 10.8 Å². The Morgan fingerprint density at radius 2 is 1.70 bits per heavy atom. The fourth-order valence-corrected chi connectivity index (χ4v) is 3.18. The van der Waals surface area contributed by atoms with Gasteiger partial charge in [-0.05, 0) is 7.05 Å². The van der Waals surface area contributed by atoms with Crippen molar-refractivity contribution in [2.45, 2.75) is 0 Å². The molecule has 2 saturated heterocycles. The molecule has 0 radical (unpaired) electrons. The number of hydrogen-bond acceptors (Lipinski definition) is 6. The van der Waals surface area contributed by atoms with E-state index in [-0.39, 0.29) is 24.3 Å². The zero-order valence-electron chi connectivity index (χ0n) is 14.0. The average Bonchev–Trinajstić information content (AvgIpc) is 2.71. The quantitative estimate of drug-likeness (QED) is 0.579. The number of rotatable bonds is 5. The second kappa shape index (κ2) is 8.58. The Labute approximate surface area is 137 Å². The normalized spacial score (nSPS) is 25.3. The van der Waals surface area contributed by atoms with Gasteiger partial charge in [-0.15, -0.1) is 0 Å². The van der Waals surface area contributed by atoms with Gasteiger partial charge in [0.15, 0.2) is 0 Å². The van der Waals surface area contributed by atoms with Crippen LogP contribution >= 0.6 is 0 Å². The minimum atomic E-state index is -0.339. The fourth-order valence-electron chi connectivity index (χ4n) is 3.18. The van der Waals surface area contributed by atoms with Crippen LogP contribution in [0.25, 0.3) is 0 Å². The molecule has 3 N–H and O–H groups in total. The van der Waals surface area contributed by atoms with Crippen LogP contribution in [-0.2, 0) is 9.59 Å². The highest BCUT2D eigenvalue weighted by molar-refractivity contribution is 5.81. The summed E-state index contributed by atoms with van der Waals surface area (Å²) in [6.07, 6.45) is 0. The van der Waals surface area contributed by atoms with Crippen molar-refractivity contribution in [2.24, 2.45) is 11.7 Å². The standard InChI is InChI=1S/C15H29N5O3/c1-17-2-7-20(11-13(10-17)15(16)23)14(22)12-19-5-3-18(4-6-19)8-9-21/h13,21H,2-12H2,1H3,(H2,16,23). The van der Waals surface area contributed by atoms with Crippen LogP contribution in [0.3, 0.4) is 0 Å². The second-order valence-corrected chi connectivity index (χ2v) is 6.54. The van der Waals surface area contributed by atoms with E-state index in [1.54, 1.807) is 4.90 Å². The summed E-state index contributed by atoms with van der Waals surface area (Å²) in [6.45, 7) is 7.11. The maximum absolute atomic E-state index is 12.6. The van der Waals surface area contributed by atoms with E-state index in [1.165, 1.54) is 0 Å². The van der Waals surface area contributed by atoms with Crippen molar-refractivity contribution in [1.82, 2.24) is 19.6 Å². The summed E-state index contributed by atoms with van der Waals surface area (Å²) < 4.78 is 0. The zero-order chi connectivity index (χ0) is 16.8. The van der Waals surface area contributed by atoms with Crippen LogP contribution < -0.4 is 5.73 Å². The highest BCUT2D eigenvalue weighted by Gasteiger charge is 2.28. The maximum Gasteiger partial charge on any atom is 0.236 e. The topological polar surface area (TPSA) is 93.3 Å². The molecule has 8 heteroatoms. The molecule has 2 aliphatic heterocycles. The molecule has 0 aromatic rings. The number of amides is 2. The van der Waals surface area contributed by atoms with Gasteiger partial charge in [-0.3, -0.25) is 19.4 Å². The van der Waals surface area contributed by atoms with Crippen LogP contribution in [0.1, 0.15) is 0 Å². The Balaban J connectivity index is 1.83. The number of primary amides is 1. The number of piperazine rings is 1. The highest BCUT2D eigenvalue weighted by atomic mass is 16.3. The van der Waals surface area contributed by atoms with Gasteiger partial charge in [-0.1, -0.05) is 0 Å². The molecule has 0 aliphatic carbocycles. The van der Waals surface area contributed by atoms with Gasteiger partial charge in [0.05, 0.1) is 19.1 Å². The molecule has 8 nitrogen and oxygen atoms in total. The third-order valence-corrected chi connectivity index (χ3v) is 4.72. The van der Waals surface area contributed by atoms with E-state index in [1.807, 2.05) is 7.05 Å². The molecule has 0 aromatic heterocycles. The van der Waals surface area contributed by atoms with Crippen molar-refractivity contribution in [3.8, 4) is 0 Å². The zero-order valence-corrected chi connectivity index (χ0v) is 14.0. The summed E-state index contributed by atoms with van der Waals surface area (Å²) in [4.78, 5) is 32.3. The molecule has 0 saturated carbocycles. The van der Waals surface area contributed by atoms with Gasteiger partial charge < -0.3 is 20.6 Å². The van der Waals surface area contributed by atoms with Gasteiger partial charge in [-0.2, -0.15) is 0 Å². The molecule has 0 bridgehead atoms. The average molecular weight is 327 g/mol. The predicted molar refractivity (Wildman–Crippen MR) is 86.7 cm³/mol. The fraction of sp³-hybridized carbons (Fsp3) is 0.867. The molecule has 2 rings (SSSR count). The largest absolute Gasteiger partial charge is 0.395 e. The number of β-amino-alcohol motifs (C(OH)–C–C–N with tert-alkyl or cyclic N) is 1. The van der Waals surface area contributed by atoms with E-state index in [2.05, 4.69) is 14.7 Å². The molecule has 1 atom stereocenters. The van der Waals surface area contributed by atoms with Crippen molar-refractivity contribution in [3.63, 3.8) is 0 Å². The minimum Gasteiger partial charge on any atom is -0.395 e. The van der Waals surface area contributed by atoms with Crippen molar-refractivity contribution in [3.05, 3.63) is 0 Å². The summed E-state index contributed by atoms with van der Waals surface area (Å²) in [5, 5.41) is 8.96. The summed E-state index contributed by atoms with van der Waals surface area (Å²) in [6, 6.07) is 0. The van der Waals surface area contributed by atoms with Gasteiger partial charge in [-0.25, -0.2) is 0 Å². The lowest BCUT2D eigenvalue weighted by Gasteiger charge is -2.35. The molecular weight excluding hydrogens is 298 g/mol. The molecular formula is C15H29N5O3. The van der Waals surface area contributed by atoms with Gasteiger partial charge in [0, 0.05) is 58.9 Å². The Hall–Kier alpha value is -1.22. The molecule has 2 heterocycles. The van der Waals surface area contributed by atoms with Gasteiger partial charge in [0.1, 0.15) is 0 Å². The van der Waals surface area contributed by atoms with Gasteiger partial charge in [0.25, 0.3) is 0 Å². The third kappa shape index (κ3) is 5.42. The van der Waals surface area contributed by atoms with E-state index in [0.717, 1.165) is 32.7 Å². The third-order valence-electron chi connectivity index (χ3n) is 4.72. The lowest BCUT2D eigenvalue weighted by Crippen LogP contribution is -2.51. The first-order valence-corrected chi connectivity index (χ1v) is 8.30. The molecule has 2 aliphatic rings. The molecule has 0 spiro atoms. The summed E-state index contributed by atoms with van der Waals surface area (Å²) >= 11 is 0. The molecule has 23 heavy (non-hydrogen) atoms. The van der Waals surface area contributed by atoms with Crippen LogP contribution in [0.5, 0.6) is 0 Å². The van der Waals surface area contributed by atoms with Crippen molar-refractivity contribution in [2.75, 3.05) is 79.1 Å². The Kier molecular flexibility index (Phi) is 6.76. The van der Waals surface area contributed by atoms with E-state index in [0.29, 0.717) is 32.7 Å². The van der Waals surface area contributed by atoms with Crippen LogP contribution in [0, 0.1) is 5.92 Å². The van der Waals surface area contributed by atoms with Crippen LogP contribution in [0.2, 0.25) is 0 Å². The number of nitrogens with two attached hydrogens (primary N) is 1. The van der Waals surface area contributed by atoms with Crippen molar-refractivity contribution < 1.29 is 14.7 Å². The molecule has 0 aromatic carbocycles. The van der Waals surface area contributed by atoms with E-state index in [9.17, 15) is 9.59 Å². The first-order chi connectivity index (χ1) is 11.0. The number of nitrogens with zero attached hydrogens (tertiary/aromatic N) is 4. The molecule has 1 unspecified atom stereocenters. The van der Waals surface area contributed by atoms with Crippen molar-refractivity contribution >= 4 is 11.8 Å². The minimum absolute atomic E-state index is 0.0714. The second-order valence-electron chi connectivity index (χ2n) is 6.54. The number of aliphatic hydroxyl groups is 1. The Bertz CT molecular complexity index is 412. The number of likely N-dealkylation sites (N-methyl/N-ethyl adjacent to an activating group) is 1. The van der Waals surface area contributed by atoms with Crippen LogP contribution in [-0.4, -0.2) is 116 Å². The van der Waals surface area contributed by atoms with Gasteiger partial charge in [0.2, 0.25) is 11.8 Å². The van der Waals surface area contributed by atoms with E-state index < -0.39 is 0 Å². The molecule has 2 amide bonds. The lowest BCUT2D eigenvalue weighted by molar-refractivity contribution is -0.134. The molecule has 2 fully saturated rings.